The molecule has 33 heavy (non-hydrogen) atoms. The number of primary sulfonamides is 1. The van der Waals surface area contributed by atoms with E-state index in [1.165, 1.54) is 42.6 Å². The number of nitrogens with two attached hydrogens (primary N) is 1. The van der Waals surface area contributed by atoms with Gasteiger partial charge in [-0.25, -0.2) is 19.0 Å². The first-order valence-corrected chi connectivity index (χ1v) is 11.1. The number of non-ortho nitro benzene ring substituents is 1. The molecule has 1 amide bonds. The third-order valence-electron chi connectivity index (χ3n) is 4.87. The normalized spacial score (nSPS) is 11.7. The lowest BCUT2D eigenvalue weighted by molar-refractivity contribution is -0.384. The molecule has 0 saturated heterocycles. The highest BCUT2D eigenvalue weighted by Crippen LogP contribution is 2.33. The fourth-order valence-corrected chi connectivity index (χ4v) is 3.87. The third kappa shape index (κ3) is 4.63. The van der Waals surface area contributed by atoms with Gasteiger partial charge in [0, 0.05) is 28.6 Å². The van der Waals surface area contributed by atoms with Gasteiger partial charge < -0.3 is 4.98 Å². The highest BCUT2D eigenvalue weighted by atomic mass is 32.2. The molecule has 0 aliphatic rings. The summed E-state index contributed by atoms with van der Waals surface area (Å²) >= 11 is 0. The van der Waals surface area contributed by atoms with E-state index in [2.05, 4.69) is 15.5 Å². The lowest BCUT2D eigenvalue weighted by Gasteiger charge is -2.05. The van der Waals surface area contributed by atoms with Crippen LogP contribution in [0.25, 0.3) is 22.0 Å². The van der Waals surface area contributed by atoms with Gasteiger partial charge in [0.25, 0.3) is 11.6 Å². The highest BCUT2D eigenvalue weighted by molar-refractivity contribution is 7.89. The van der Waals surface area contributed by atoms with E-state index in [4.69, 9.17) is 5.14 Å². The SMILES string of the molecule is NS(=O)(=O)c1ccc2[nH]c(C(=O)N/N=C/c3ccc([N+](=O)[O-])cc3)c(-c3ccccc3)c2c1. The largest absolute Gasteiger partial charge is 0.350 e. The molecule has 0 saturated carbocycles. The number of nitrogens with one attached hydrogen (secondary N) is 2. The molecule has 1 heterocycles. The number of amides is 1. The summed E-state index contributed by atoms with van der Waals surface area (Å²) in [5.74, 6) is -0.555. The molecule has 0 radical (unpaired) electrons. The number of H-pyrrole nitrogens is 1. The minimum Gasteiger partial charge on any atom is -0.350 e. The van der Waals surface area contributed by atoms with E-state index in [-0.39, 0.29) is 16.3 Å². The van der Waals surface area contributed by atoms with Crippen molar-refractivity contribution in [3.8, 4) is 11.1 Å². The summed E-state index contributed by atoms with van der Waals surface area (Å²) in [6.07, 6.45) is 1.35. The van der Waals surface area contributed by atoms with E-state index in [0.717, 1.165) is 0 Å². The lowest BCUT2D eigenvalue weighted by Crippen LogP contribution is -2.18. The van der Waals surface area contributed by atoms with Crippen molar-refractivity contribution in [1.82, 2.24) is 10.4 Å². The van der Waals surface area contributed by atoms with Crippen molar-refractivity contribution in [2.75, 3.05) is 0 Å². The molecule has 10 nitrogen and oxygen atoms in total. The zero-order valence-electron chi connectivity index (χ0n) is 16.9. The fraction of sp³-hybridized carbons (Fsp3) is 0. The van der Waals surface area contributed by atoms with Crippen LogP contribution in [0.3, 0.4) is 0 Å². The first-order chi connectivity index (χ1) is 15.7. The molecule has 0 spiro atoms. The Labute approximate surface area is 187 Å². The maximum Gasteiger partial charge on any atom is 0.288 e. The Hall–Kier alpha value is -4.35. The van der Waals surface area contributed by atoms with Gasteiger partial charge in [-0.1, -0.05) is 30.3 Å². The van der Waals surface area contributed by atoms with Crippen LogP contribution in [0.5, 0.6) is 0 Å². The monoisotopic (exact) mass is 463 g/mol. The van der Waals surface area contributed by atoms with Crippen LogP contribution in [-0.2, 0) is 10.0 Å². The molecule has 0 aliphatic heterocycles. The number of aromatic nitrogens is 1. The summed E-state index contributed by atoms with van der Waals surface area (Å²) in [6.45, 7) is 0. The van der Waals surface area contributed by atoms with Crippen molar-refractivity contribution >= 4 is 38.7 Å². The van der Waals surface area contributed by atoms with Gasteiger partial charge >= 0.3 is 0 Å². The third-order valence-corrected chi connectivity index (χ3v) is 5.78. The number of nitro benzene ring substituents is 1. The zero-order valence-corrected chi connectivity index (χ0v) is 17.7. The average Bonchev–Trinajstić information content (AvgIpc) is 3.18. The number of nitrogens with zero attached hydrogens (tertiary/aromatic N) is 2. The molecule has 166 valence electrons. The maximum atomic E-state index is 12.9. The molecule has 4 rings (SSSR count). The number of hydrogen-bond donors (Lipinski definition) is 3. The molecular formula is C22H17N5O5S. The minimum absolute atomic E-state index is 0.0550. The number of carbonyl (C=O) groups is 1. The van der Waals surface area contributed by atoms with Crippen LogP contribution in [0.2, 0.25) is 0 Å². The second-order valence-electron chi connectivity index (χ2n) is 7.04. The van der Waals surface area contributed by atoms with E-state index in [1.807, 2.05) is 6.07 Å². The van der Waals surface area contributed by atoms with Gasteiger partial charge in [-0.15, -0.1) is 0 Å². The number of rotatable bonds is 6. The van der Waals surface area contributed by atoms with Crippen molar-refractivity contribution in [3.05, 3.63) is 94.2 Å². The minimum atomic E-state index is -3.94. The summed E-state index contributed by atoms with van der Waals surface area (Å²) in [6, 6.07) is 19.0. The Morgan fingerprint density at radius 2 is 1.76 bits per heavy atom. The molecule has 1 aromatic heterocycles. The van der Waals surface area contributed by atoms with Crippen LogP contribution in [0.1, 0.15) is 16.1 Å². The Morgan fingerprint density at radius 1 is 1.06 bits per heavy atom. The number of sulfonamides is 1. The predicted molar refractivity (Wildman–Crippen MR) is 123 cm³/mol. The molecular weight excluding hydrogens is 446 g/mol. The van der Waals surface area contributed by atoms with E-state index in [0.29, 0.717) is 27.6 Å². The van der Waals surface area contributed by atoms with Crippen molar-refractivity contribution < 1.29 is 18.1 Å². The number of fused-ring (bicyclic) bond motifs is 1. The van der Waals surface area contributed by atoms with Crippen molar-refractivity contribution in [1.29, 1.82) is 0 Å². The molecule has 0 fully saturated rings. The highest BCUT2D eigenvalue weighted by Gasteiger charge is 2.21. The van der Waals surface area contributed by atoms with Gasteiger partial charge in [0.15, 0.2) is 0 Å². The van der Waals surface area contributed by atoms with Gasteiger partial charge in [-0.2, -0.15) is 5.10 Å². The van der Waals surface area contributed by atoms with Gasteiger partial charge in [-0.05, 0) is 41.5 Å². The van der Waals surface area contributed by atoms with Crippen LogP contribution in [0.15, 0.2) is 82.8 Å². The average molecular weight is 463 g/mol. The zero-order chi connectivity index (χ0) is 23.6. The standard InChI is InChI=1S/C22H17N5O5S/c23-33(31,32)17-10-11-19-18(12-17)20(15-4-2-1-3-5-15)21(25-19)22(28)26-24-13-14-6-8-16(9-7-14)27(29)30/h1-13,25H,(H,26,28)(H2,23,31,32)/b24-13+. The van der Waals surface area contributed by atoms with E-state index < -0.39 is 20.9 Å². The quantitative estimate of drug-likeness (QED) is 0.227. The number of carbonyl (C=O) groups excluding carboxylic acids is 1. The van der Waals surface area contributed by atoms with Crippen LogP contribution in [0.4, 0.5) is 5.69 Å². The molecule has 0 bridgehead atoms. The Balaban J connectivity index is 1.70. The number of hydrazone groups is 1. The molecule has 4 aromatic rings. The van der Waals surface area contributed by atoms with E-state index in [1.54, 1.807) is 30.3 Å². The van der Waals surface area contributed by atoms with Gasteiger partial charge in [0.05, 0.1) is 16.0 Å². The topological polar surface area (TPSA) is 161 Å². The Kier molecular flexibility index (Phi) is 5.73. The van der Waals surface area contributed by atoms with Gasteiger partial charge in [-0.3, -0.25) is 14.9 Å². The molecule has 0 unspecified atom stereocenters. The summed E-state index contributed by atoms with van der Waals surface area (Å²) in [5.41, 5.74) is 4.85. The summed E-state index contributed by atoms with van der Waals surface area (Å²) < 4.78 is 23.7. The first kappa shape index (κ1) is 21.9. The molecule has 0 atom stereocenters. The number of benzene rings is 3. The van der Waals surface area contributed by atoms with Gasteiger partial charge in [0.2, 0.25) is 10.0 Å². The van der Waals surface area contributed by atoms with Crippen molar-refractivity contribution in [2.45, 2.75) is 4.90 Å². The first-order valence-electron chi connectivity index (χ1n) is 9.56. The summed E-state index contributed by atoms with van der Waals surface area (Å²) in [5, 5.41) is 20.5. The van der Waals surface area contributed by atoms with Crippen LogP contribution in [0, 0.1) is 10.1 Å². The Morgan fingerprint density at radius 3 is 2.39 bits per heavy atom. The number of aromatic amines is 1. The Bertz CT molecular complexity index is 1490. The van der Waals surface area contributed by atoms with E-state index >= 15 is 0 Å². The molecule has 11 heteroatoms. The smallest absolute Gasteiger partial charge is 0.288 e. The molecule has 4 N–H and O–H groups in total. The summed E-state index contributed by atoms with van der Waals surface area (Å²) in [4.78, 5) is 26.1. The van der Waals surface area contributed by atoms with Gasteiger partial charge in [0.1, 0.15) is 5.69 Å². The molecule has 0 aliphatic carbocycles. The number of nitro groups is 1. The lowest BCUT2D eigenvalue weighted by atomic mass is 10.0. The van der Waals surface area contributed by atoms with E-state index in [9.17, 15) is 23.3 Å². The van der Waals surface area contributed by atoms with Crippen molar-refractivity contribution in [2.24, 2.45) is 10.2 Å². The second-order valence-corrected chi connectivity index (χ2v) is 8.60. The maximum absolute atomic E-state index is 12.9. The fourth-order valence-electron chi connectivity index (χ4n) is 3.33. The summed E-state index contributed by atoms with van der Waals surface area (Å²) in [7, 11) is -3.94. The van der Waals surface area contributed by atoms with Crippen LogP contribution < -0.4 is 10.6 Å². The predicted octanol–water partition coefficient (Wildman–Crippen LogP) is 3.15. The van der Waals surface area contributed by atoms with Crippen molar-refractivity contribution in [3.63, 3.8) is 0 Å². The second kappa shape index (κ2) is 8.65. The number of hydrogen-bond acceptors (Lipinski definition) is 6. The van der Waals surface area contributed by atoms with Crippen LogP contribution >= 0.6 is 0 Å². The molecule has 3 aromatic carbocycles. The van der Waals surface area contributed by atoms with Crippen LogP contribution in [-0.4, -0.2) is 30.4 Å².